The largest absolute Gasteiger partial charge is 0.345 e. The van der Waals surface area contributed by atoms with Gasteiger partial charge in [-0.2, -0.15) is 0 Å². The summed E-state index contributed by atoms with van der Waals surface area (Å²) in [5, 5.41) is 2.86. The van der Waals surface area contributed by atoms with Gasteiger partial charge in [-0.25, -0.2) is 4.79 Å². The Labute approximate surface area is 132 Å². The van der Waals surface area contributed by atoms with Crippen LogP contribution in [0, 0.1) is 0 Å². The van der Waals surface area contributed by atoms with Crippen LogP contribution in [-0.2, 0) is 0 Å². The fourth-order valence-corrected chi connectivity index (χ4v) is 2.88. The van der Waals surface area contributed by atoms with Crippen LogP contribution in [0.15, 0.2) is 24.3 Å². The van der Waals surface area contributed by atoms with E-state index in [0.29, 0.717) is 24.6 Å². The van der Waals surface area contributed by atoms with Crippen LogP contribution in [0.5, 0.6) is 0 Å². The lowest BCUT2D eigenvalue weighted by atomic mass is 9.89. The highest BCUT2D eigenvalue weighted by molar-refractivity contribution is 5.94. The summed E-state index contributed by atoms with van der Waals surface area (Å²) in [4.78, 5) is 27.5. The fraction of sp³-hybridized carbons (Fsp3) is 0.529. The first kappa shape index (κ1) is 16.3. The van der Waals surface area contributed by atoms with Gasteiger partial charge in [0.15, 0.2) is 0 Å². The van der Waals surface area contributed by atoms with E-state index in [0.717, 1.165) is 24.9 Å². The SMILES string of the molecule is CCNC(=O)N1CCC[C@@H](c2cccc(C(=O)N(C)C)c2)C1. The molecule has 3 amide bonds. The normalized spacial score (nSPS) is 18.0. The number of urea groups is 1. The van der Waals surface area contributed by atoms with Gasteiger partial charge in [0, 0.05) is 45.2 Å². The molecule has 5 nitrogen and oxygen atoms in total. The standard InChI is InChI=1S/C17H25N3O2/c1-4-18-17(22)20-10-6-9-15(12-20)13-7-5-8-14(11-13)16(21)19(2)3/h5,7-8,11,15H,4,6,9-10,12H2,1-3H3,(H,18,22)/t15-/m1/s1. The summed E-state index contributed by atoms with van der Waals surface area (Å²) in [5.74, 6) is 0.310. The van der Waals surface area contributed by atoms with Crippen LogP contribution in [0.1, 0.15) is 41.6 Å². The van der Waals surface area contributed by atoms with Gasteiger partial charge in [-0.1, -0.05) is 12.1 Å². The molecule has 1 aliphatic heterocycles. The van der Waals surface area contributed by atoms with E-state index in [-0.39, 0.29) is 11.9 Å². The molecular weight excluding hydrogens is 278 g/mol. The average Bonchev–Trinajstić information content (AvgIpc) is 2.54. The summed E-state index contributed by atoms with van der Waals surface area (Å²) in [5.41, 5.74) is 1.85. The maximum Gasteiger partial charge on any atom is 0.317 e. The molecule has 0 saturated carbocycles. The molecule has 5 heteroatoms. The van der Waals surface area contributed by atoms with E-state index in [9.17, 15) is 9.59 Å². The number of hydrogen-bond acceptors (Lipinski definition) is 2. The summed E-state index contributed by atoms with van der Waals surface area (Å²) in [7, 11) is 3.51. The van der Waals surface area contributed by atoms with E-state index in [1.807, 2.05) is 30.0 Å². The number of nitrogens with one attached hydrogen (secondary N) is 1. The van der Waals surface area contributed by atoms with Crippen molar-refractivity contribution in [2.24, 2.45) is 0 Å². The number of piperidine rings is 1. The Morgan fingerprint density at radius 1 is 1.36 bits per heavy atom. The molecule has 1 N–H and O–H groups in total. The van der Waals surface area contributed by atoms with Crippen molar-refractivity contribution in [2.75, 3.05) is 33.7 Å². The van der Waals surface area contributed by atoms with Gasteiger partial charge in [-0.3, -0.25) is 4.79 Å². The molecule has 1 atom stereocenters. The van der Waals surface area contributed by atoms with E-state index in [1.54, 1.807) is 19.0 Å². The number of likely N-dealkylation sites (tertiary alicyclic amines) is 1. The Kier molecular flexibility index (Phi) is 5.41. The molecule has 1 heterocycles. The minimum absolute atomic E-state index is 0.00715. The van der Waals surface area contributed by atoms with Crippen molar-refractivity contribution < 1.29 is 9.59 Å². The van der Waals surface area contributed by atoms with E-state index >= 15 is 0 Å². The highest BCUT2D eigenvalue weighted by Gasteiger charge is 2.25. The van der Waals surface area contributed by atoms with Crippen LogP contribution in [0.2, 0.25) is 0 Å². The lowest BCUT2D eigenvalue weighted by Crippen LogP contribution is -2.44. The highest BCUT2D eigenvalue weighted by atomic mass is 16.2. The fourth-order valence-electron chi connectivity index (χ4n) is 2.88. The van der Waals surface area contributed by atoms with Gasteiger partial charge >= 0.3 is 6.03 Å². The maximum atomic E-state index is 12.1. The predicted octanol–water partition coefficient (Wildman–Crippen LogP) is 2.30. The summed E-state index contributed by atoms with van der Waals surface area (Å²) < 4.78 is 0. The quantitative estimate of drug-likeness (QED) is 0.931. The predicted molar refractivity (Wildman–Crippen MR) is 87.1 cm³/mol. The van der Waals surface area contributed by atoms with Crippen molar-refractivity contribution in [3.05, 3.63) is 35.4 Å². The molecule has 120 valence electrons. The van der Waals surface area contributed by atoms with Crippen molar-refractivity contribution in [3.63, 3.8) is 0 Å². The minimum Gasteiger partial charge on any atom is -0.345 e. The number of rotatable bonds is 3. The Morgan fingerprint density at radius 2 is 2.14 bits per heavy atom. The second-order valence-electron chi connectivity index (χ2n) is 5.95. The van der Waals surface area contributed by atoms with Crippen LogP contribution in [0.4, 0.5) is 4.79 Å². The van der Waals surface area contributed by atoms with Gasteiger partial charge in [0.1, 0.15) is 0 Å². The Balaban J connectivity index is 2.12. The number of benzene rings is 1. The smallest absolute Gasteiger partial charge is 0.317 e. The van der Waals surface area contributed by atoms with Crippen molar-refractivity contribution in [1.82, 2.24) is 15.1 Å². The molecule has 1 aliphatic rings. The molecule has 1 aromatic carbocycles. The molecule has 1 aromatic rings. The topological polar surface area (TPSA) is 52.7 Å². The van der Waals surface area contributed by atoms with Crippen LogP contribution in [-0.4, -0.2) is 55.5 Å². The van der Waals surface area contributed by atoms with Crippen molar-refractivity contribution in [2.45, 2.75) is 25.7 Å². The van der Waals surface area contributed by atoms with Gasteiger partial charge in [0.25, 0.3) is 5.91 Å². The van der Waals surface area contributed by atoms with E-state index < -0.39 is 0 Å². The van der Waals surface area contributed by atoms with Gasteiger partial charge in [0.05, 0.1) is 0 Å². The third-order valence-electron chi connectivity index (χ3n) is 4.05. The maximum absolute atomic E-state index is 12.1. The van der Waals surface area contributed by atoms with Crippen molar-refractivity contribution >= 4 is 11.9 Å². The number of carbonyl (C=O) groups excluding carboxylic acids is 2. The lowest BCUT2D eigenvalue weighted by Gasteiger charge is -2.33. The monoisotopic (exact) mass is 303 g/mol. The van der Waals surface area contributed by atoms with Crippen LogP contribution in [0.3, 0.4) is 0 Å². The number of carbonyl (C=O) groups is 2. The van der Waals surface area contributed by atoms with Gasteiger partial charge < -0.3 is 15.1 Å². The third kappa shape index (κ3) is 3.78. The van der Waals surface area contributed by atoms with Gasteiger partial charge in [-0.05, 0) is 37.5 Å². The Hall–Kier alpha value is -2.04. The van der Waals surface area contributed by atoms with E-state index in [1.165, 1.54) is 0 Å². The van der Waals surface area contributed by atoms with E-state index in [2.05, 4.69) is 11.4 Å². The van der Waals surface area contributed by atoms with E-state index in [4.69, 9.17) is 0 Å². The third-order valence-corrected chi connectivity index (χ3v) is 4.05. The van der Waals surface area contributed by atoms with Crippen LogP contribution in [0.25, 0.3) is 0 Å². The number of amides is 3. The second kappa shape index (κ2) is 7.29. The second-order valence-corrected chi connectivity index (χ2v) is 5.95. The van der Waals surface area contributed by atoms with Crippen molar-refractivity contribution in [1.29, 1.82) is 0 Å². The van der Waals surface area contributed by atoms with Gasteiger partial charge in [0.2, 0.25) is 0 Å². The zero-order valence-electron chi connectivity index (χ0n) is 13.6. The first-order valence-corrected chi connectivity index (χ1v) is 7.87. The summed E-state index contributed by atoms with van der Waals surface area (Å²) in [6.07, 6.45) is 2.04. The number of hydrogen-bond donors (Lipinski definition) is 1. The molecule has 1 saturated heterocycles. The van der Waals surface area contributed by atoms with Crippen LogP contribution < -0.4 is 5.32 Å². The molecule has 1 fully saturated rings. The summed E-state index contributed by atoms with van der Waals surface area (Å²) in [6.45, 7) is 4.09. The molecule has 0 radical (unpaired) electrons. The van der Waals surface area contributed by atoms with Crippen LogP contribution >= 0.6 is 0 Å². The first-order valence-electron chi connectivity index (χ1n) is 7.87. The average molecular weight is 303 g/mol. The molecule has 2 rings (SSSR count). The molecule has 22 heavy (non-hydrogen) atoms. The molecular formula is C17H25N3O2. The minimum atomic E-state index is 0.00715. The summed E-state index contributed by atoms with van der Waals surface area (Å²) in [6, 6.07) is 7.80. The summed E-state index contributed by atoms with van der Waals surface area (Å²) >= 11 is 0. The Morgan fingerprint density at radius 3 is 2.82 bits per heavy atom. The molecule has 0 unspecified atom stereocenters. The molecule has 0 aromatic heterocycles. The Bertz CT molecular complexity index is 542. The lowest BCUT2D eigenvalue weighted by molar-refractivity contribution is 0.0827. The van der Waals surface area contributed by atoms with Gasteiger partial charge in [-0.15, -0.1) is 0 Å². The van der Waals surface area contributed by atoms with Crippen molar-refractivity contribution in [3.8, 4) is 0 Å². The first-order chi connectivity index (χ1) is 10.5. The highest BCUT2D eigenvalue weighted by Crippen LogP contribution is 2.27. The zero-order valence-corrected chi connectivity index (χ0v) is 13.6. The molecule has 0 bridgehead atoms. The molecule has 0 spiro atoms. The zero-order chi connectivity index (χ0) is 16.1. The molecule has 0 aliphatic carbocycles. The number of nitrogens with zero attached hydrogens (tertiary/aromatic N) is 2.